The molecule has 8 nitrogen and oxygen atoms in total. The van der Waals surface area contributed by atoms with Crippen LogP contribution in [0.25, 0.3) is 0 Å². The van der Waals surface area contributed by atoms with Gasteiger partial charge in [0.1, 0.15) is 6.54 Å². The van der Waals surface area contributed by atoms with E-state index in [1.807, 2.05) is 0 Å². The molecule has 0 aromatic heterocycles. The van der Waals surface area contributed by atoms with E-state index < -0.39 is 40.1 Å². The highest BCUT2D eigenvalue weighted by Crippen LogP contribution is 2.18. The van der Waals surface area contributed by atoms with E-state index in [4.69, 9.17) is 5.11 Å². The van der Waals surface area contributed by atoms with E-state index in [-0.39, 0.29) is 24.5 Å². The van der Waals surface area contributed by atoms with Crippen LogP contribution in [0.5, 0.6) is 0 Å². The van der Waals surface area contributed by atoms with Gasteiger partial charge in [-0.15, -0.1) is 0 Å². The maximum absolute atomic E-state index is 11.5. The lowest BCUT2D eigenvalue weighted by Gasteiger charge is -2.08. The quantitative estimate of drug-likeness (QED) is 0.520. The fraction of sp³-hybridized carbons (Fsp3) is 0.667. The molecule has 1 atom stereocenters. The molecule has 0 bridgehead atoms. The molecule has 3 N–H and O–H groups in total. The van der Waals surface area contributed by atoms with Crippen molar-refractivity contribution in [3.63, 3.8) is 0 Å². The first-order valence-corrected chi connectivity index (χ1v) is 7.09. The van der Waals surface area contributed by atoms with Crippen LogP contribution >= 0.6 is 0 Å². The zero-order valence-electron chi connectivity index (χ0n) is 9.51. The second kappa shape index (κ2) is 5.80. The van der Waals surface area contributed by atoms with Crippen molar-refractivity contribution in [2.24, 2.45) is 5.92 Å². The molecule has 9 heteroatoms. The topological polar surface area (TPSA) is 130 Å². The maximum atomic E-state index is 11.5. The molecule has 0 aliphatic carbocycles. The number of rotatable bonds is 5. The summed E-state index contributed by atoms with van der Waals surface area (Å²) in [7, 11) is -3.14. The third kappa shape index (κ3) is 4.70. The van der Waals surface area contributed by atoms with Gasteiger partial charge in [0.2, 0.25) is 11.8 Å². The van der Waals surface area contributed by atoms with E-state index in [9.17, 15) is 22.8 Å². The molecule has 1 aliphatic heterocycles. The van der Waals surface area contributed by atoms with Crippen molar-refractivity contribution in [3.05, 3.63) is 0 Å². The van der Waals surface area contributed by atoms with E-state index in [2.05, 4.69) is 10.6 Å². The highest BCUT2D eigenvalue weighted by Gasteiger charge is 2.32. The fourth-order valence-corrected chi connectivity index (χ4v) is 3.29. The minimum atomic E-state index is -3.14. The van der Waals surface area contributed by atoms with Gasteiger partial charge < -0.3 is 15.7 Å². The molecule has 18 heavy (non-hydrogen) atoms. The van der Waals surface area contributed by atoms with Gasteiger partial charge in [-0.2, -0.15) is 0 Å². The third-order valence-electron chi connectivity index (χ3n) is 2.46. The van der Waals surface area contributed by atoms with Crippen LogP contribution in [-0.2, 0) is 24.2 Å². The number of sulfone groups is 1. The Hall–Kier alpha value is -1.64. The largest absolute Gasteiger partial charge is 0.480 e. The van der Waals surface area contributed by atoms with Gasteiger partial charge in [0.15, 0.2) is 9.84 Å². The first-order chi connectivity index (χ1) is 8.30. The minimum absolute atomic E-state index is 0.0176. The Morgan fingerprint density at radius 1 is 1.17 bits per heavy atom. The molecule has 2 amide bonds. The van der Waals surface area contributed by atoms with Gasteiger partial charge in [-0.05, 0) is 6.42 Å². The number of aliphatic carboxylic acids is 1. The molecule has 1 saturated heterocycles. The second-order valence-corrected chi connectivity index (χ2v) is 6.22. The summed E-state index contributed by atoms with van der Waals surface area (Å²) in [6.07, 6.45) is 0.255. The number of carboxylic acid groups (broad SMARTS) is 1. The number of carbonyl (C=O) groups excluding carboxylic acids is 2. The van der Waals surface area contributed by atoms with Crippen LogP contribution in [-0.4, -0.2) is 55.9 Å². The van der Waals surface area contributed by atoms with E-state index in [1.54, 1.807) is 0 Å². The molecule has 0 saturated carbocycles. The Balaban J connectivity index is 2.29. The first kappa shape index (κ1) is 14.4. The fourth-order valence-electron chi connectivity index (χ4n) is 1.55. The number of carboxylic acids is 1. The number of carbonyl (C=O) groups is 3. The highest BCUT2D eigenvalue weighted by atomic mass is 32.2. The lowest BCUT2D eigenvalue weighted by molar-refractivity contribution is -0.137. The summed E-state index contributed by atoms with van der Waals surface area (Å²) in [6, 6.07) is 0. The van der Waals surface area contributed by atoms with Crippen LogP contribution in [0, 0.1) is 5.92 Å². The van der Waals surface area contributed by atoms with Crippen LogP contribution in [0.2, 0.25) is 0 Å². The van der Waals surface area contributed by atoms with Crippen molar-refractivity contribution in [2.75, 3.05) is 24.6 Å². The van der Waals surface area contributed by atoms with Crippen LogP contribution in [0.15, 0.2) is 0 Å². The normalized spacial score (nSPS) is 21.2. The van der Waals surface area contributed by atoms with Gasteiger partial charge in [0.25, 0.3) is 0 Å². The highest BCUT2D eigenvalue weighted by molar-refractivity contribution is 7.91. The average molecular weight is 278 g/mol. The maximum Gasteiger partial charge on any atom is 0.322 e. The molecule has 1 heterocycles. The first-order valence-electron chi connectivity index (χ1n) is 5.27. The van der Waals surface area contributed by atoms with Gasteiger partial charge in [-0.1, -0.05) is 0 Å². The summed E-state index contributed by atoms with van der Waals surface area (Å²) >= 11 is 0. The molecule has 1 aliphatic rings. The molecular formula is C9H14N2O6S. The average Bonchev–Trinajstić information content (AvgIpc) is 2.63. The van der Waals surface area contributed by atoms with Gasteiger partial charge in [0.05, 0.1) is 24.0 Å². The molecule has 102 valence electrons. The summed E-state index contributed by atoms with van der Waals surface area (Å²) in [5.41, 5.74) is 0. The van der Waals surface area contributed by atoms with Crippen LogP contribution < -0.4 is 10.6 Å². The summed E-state index contributed by atoms with van der Waals surface area (Å²) < 4.78 is 22.3. The second-order valence-electron chi connectivity index (χ2n) is 3.99. The lowest BCUT2D eigenvalue weighted by Crippen LogP contribution is -2.41. The molecule has 1 fully saturated rings. The molecule has 0 spiro atoms. The van der Waals surface area contributed by atoms with Crippen molar-refractivity contribution in [3.8, 4) is 0 Å². The minimum Gasteiger partial charge on any atom is -0.480 e. The van der Waals surface area contributed by atoms with Crippen molar-refractivity contribution >= 4 is 27.6 Å². The number of hydrogen-bond donors (Lipinski definition) is 3. The van der Waals surface area contributed by atoms with Crippen molar-refractivity contribution in [2.45, 2.75) is 6.42 Å². The third-order valence-corrected chi connectivity index (χ3v) is 4.23. The molecule has 0 aromatic carbocycles. The Morgan fingerprint density at radius 2 is 1.83 bits per heavy atom. The molecule has 0 aromatic rings. The molecular weight excluding hydrogens is 264 g/mol. The van der Waals surface area contributed by atoms with Gasteiger partial charge in [0, 0.05) is 0 Å². The molecule has 1 rings (SSSR count). The predicted octanol–water partition coefficient (Wildman–Crippen LogP) is -2.26. The SMILES string of the molecule is O=C(O)CNC(=O)CNC(=O)C1CCS(=O)(=O)C1. The number of hydrogen-bond acceptors (Lipinski definition) is 5. The van der Waals surface area contributed by atoms with Gasteiger partial charge >= 0.3 is 5.97 Å². The van der Waals surface area contributed by atoms with E-state index in [1.165, 1.54) is 0 Å². The zero-order valence-corrected chi connectivity index (χ0v) is 10.3. The molecule has 0 radical (unpaired) electrons. The summed E-state index contributed by atoms with van der Waals surface area (Å²) in [5.74, 6) is -3.15. The summed E-state index contributed by atoms with van der Waals surface area (Å²) in [4.78, 5) is 32.7. The van der Waals surface area contributed by atoms with E-state index in [0.717, 1.165) is 0 Å². The monoisotopic (exact) mass is 278 g/mol. The Bertz CT molecular complexity index is 458. The zero-order chi connectivity index (χ0) is 13.8. The van der Waals surface area contributed by atoms with Crippen LogP contribution in [0.3, 0.4) is 0 Å². The van der Waals surface area contributed by atoms with E-state index in [0.29, 0.717) is 0 Å². The van der Waals surface area contributed by atoms with Crippen molar-refractivity contribution in [1.82, 2.24) is 10.6 Å². The predicted molar refractivity (Wildman–Crippen MR) is 60.4 cm³/mol. The van der Waals surface area contributed by atoms with Gasteiger partial charge in [-0.25, -0.2) is 8.42 Å². The summed E-state index contributed by atoms with van der Waals surface area (Å²) in [5, 5.41) is 12.7. The van der Waals surface area contributed by atoms with Crippen LogP contribution in [0.1, 0.15) is 6.42 Å². The van der Waals surface area contributed by atoms with Crippen molar-refractivity contribution in [1.29, 1.82) is 0 Å². The number of amides is 2. The smallest absolute Gasteiger partial charge is 0.322 e. The van der Waals surface area contributed by atoms with Gasteiger partial charge in [-0.3, -0.25) is 14.4 Å². The van der Waals surface area contributed by atoms with Crippen molar-refractivity contribution < 1.29 is 27.9 Å². The summed E-state index contributed by atoms with van der Waals surface area (Å²) in [6.45, 7) is -0.880. The standard InChI is InChI=1S/C9H14N2O6S/c12-7(10-4-8(13)14)3-11-9(15)6-1-2-18(16,17)5-6/h6H,1-5H2,(H,10,12)(H,11,15)(H,13,14). The Kier molecular flexibility index (Phi) is 4.65. The molecule has 1 unspecified atom stereocenters. The Morgan fingerprint density at radius 3 is 2.33 bits per heavy atom. The van der Waals surface area contributed by atoms with Crippen LogP contribution in [0.4, 0.5) is 0 Å². The Labute approximate surface area is 104 Å². The van der Waals surface area contributed by atoms with E-state index >= 15 is 0 Å². The number of nitrogens with one attached hydrogen (secondary N) is 2. The lowest BCUT2D eigenvalue weighted by atomic mass is 10.1.